The van der Waals surface area contributed by atoms with E-state index in [-0.39, 0.29) is 16.8 Å². The Morgan fingerprint density at radius 2 is 2.23 bits per heavy atom. The molecule has 70 valence electrons. The standard InChI is InChI=1S/C8H6ClF2NO/c1-4-5(8(10)11)2-3-12-6(4)7(9)13/h2-3,8H,1H3. The molecule has 0 saturated carbocycles. The summed E-state index contributed by atoms with van der Waals surface area (Å²) in [6.45, 7) is 1.39. The first-order valence-electron chi connectivity index (χ1n) is 3.47. The summed E-state index contributed by atoms with van der Waals surface area (Å²) in [7, 11) is 0. The van der Waals surface area contributed by atoms with Gasteiger partial charge in [0.25, 0.3) is 11.7 Å². The van der Waals surface area contributed by atoms with E-state index >= 15 is 0 Å². The van der Waals surface area contributed by atoms with E-state index in [4.69, 9.17) is 11.6 Å². The predicted molar refractivity (Wildman–Crippen MR) is 44.1 cm³/mol. The average Bonchev–Trinajstić information content (AvgIpc) is 2.03. The largest absolute Gasteiger partial charge is 0.274 e. The van der Waals surface area contributed by atoms with Crippen molar-refractivity contribution >= 4 is 16.8 Å². The Bertz CT molecular complexity index is 341. The summed E-state index contributed by atoms with van der Waals surface area (Å²) in [6, 6.07) is 1.17. The van der Waals surface area contributed by atoms with E-state index < -0.39 is 11.7 Å². The Kier molecular flexibility index (Phi) is 2.93. The van der Waals surface area contributed by atoms with Crippen molar-refractivity contribution in [1.29, 1.82) is 0 Å². The van der Waals surface area contributed by atoms with Gasteiger partial charge in [-0.3, -0.25) is 9.78 Å². The predicted octanol–water partition coefficient (Wildman–Crippen LogP) is 2.71. The van der Waals surface area contributed by atoms with Crippen molar-refractivity contribution in [3.8, 4) is 0 Å². The number of carbonyl (C=O) groups excluding carboxylic acids is 1. The zero-order chi connectivity index (χ0) is 10.0. The lowest BCUT2D eigenvalue weighted by Crippen LogP contribution is -2.01. The van der Waals surface area contributed by atoms with Crippen LogP contribution in [-0.4, -0.2) is 10.2 Å². The zero-order valence-electron chi connectivity index (χ0n) is 6.72. The minimum atomic E-state index is -2.61. The van der Waals surface area contributed by atoms with Gasteiger partial charge in [0.2, 0.25) is 0 Å². The fraction of sp³-hybridized carbons (Fsp3) is 0.250. The van der Waals surface area contributed by atoms with Crippen LogP contribution in [0.25, 0.3) is 0 Å². The van der Waals surface area contributed by atoms with E-state index in [2.05, 4.69) is 4.98 Å². The molecule has 0 aliphatic rings. The zero-order valence-corrected chi connectivity index (χ0v) is 7.48. The van der Waals surface area contributed by atoms with Gasteiger partial charge in [0, 0.05) is 11.8 Å². The number of halogens is 3. The van der Waals surface area contributed by atoms with E-state index in [1.165, 1.54) is 13.0 Å². The van der Waals surface area contributed by atoms with Crippen molar-refractivity contribution in [3.63, 3.8) is 0 Å². The third kappa shape index (κ3) is 2.01. The maximum atomic E-state index is 12.3. The molecular weight excluding hydrogens is 200 g/mol. The number of rotatable bonds is 2. The van der Waals surface area contributed by atoms with Crippen LogP contribution in [0.2, 0.25) is 0 Å². The number of hydrogen-bond donors (Lipinski definition) is 0. The molecule has 0 amide bonds. The Balaban J connectivity index is 3.26. The second-order valence-electron chi connectivity index (χ2n) is 2.45. The highest BCUT2D eigenvalue weighted by Crippen LogP contribution is 2.23. The van der Waals surface area contributed by atoms with Crippen LogP contribution >= 0.6 is 11.6 Å². The number of carbonyl (C=O) groups is 1. The average molecular weight is 206 g/mol. The molecule has 1 rings (SSSR count). The summed E-state index contributed by atoms with van der Waals surface area (Å²) in [5, 5.41) is -0.819. The van der Waals surface area contributed by atoms with Gasteiger partial charge < -0.3 is 0 Å². The molecule has 0 spiro atoms. The van der Waals surface area contributed by atoms with Gasteiger partial charge in [0.1, 0.15) is 5.69 Å². The third-order valence-corrected chi connectivity index (χ3v) is 1.85. The number of aromatic nitrogens is 1. The van der Waals surface area contributed by atoms with E-state index in [1.54, 1.807) is 0 Å². The fourth-order valence-electron chi connectivity index (χ4n) is 0.985. The van der Waals surface area contributed by atoms with Crippen LogP contribution in [0.4, 0.5) is 8.78 Å². The molecule has 1 aromatic heterocycles. The molecule has 0 fully saturated rings. The van der Waals surface area contributed by atoms with Crippen molar-refractivity contribution in [3.05, 3.63) is 29.1 Å². The van der Waals surface area contributed by atoms with E-state index in [0.29, 0.717) is 0 Å². The first-order chi connectivity index (χ1) is 6.04. The summed E-state index contributed by atoms with van der Waals surface area (Å²) < 4.78 is 24.6. The Morgan fingerprint density at radius 3 is 2.69 bits per heavy atom. The summed E-state index contributed by atoms with van der Waals surface area (Å²) in [5.74, 6) is 0. The summed E-state index contributed by atoms with van der Waals surface area (Å²) in [4.78, 5) is 14.3. The van der Waals surface area contributed by atoms with Crippen LogP contribution in [0.1, 0.15) is 28.0 Å². The maximum absolute atomic E-state index is 12.3. The highest BCUT2D eigenvalue weighted by molar-refractivity contribution is 6.67. The molecule has 0 atom stereocenters. The van der Waals surface area contributed by atoms with Gasteiger partial charge in [-0.2, -0.15) is 0 Å². The lowest BCUT2D eigenvalue weighted by atomic mass is 10.1. The number of pyridine rings is 1. The Morgan fingerprint density at radius 1 is 1.62 bits per heavy atom. The van der Waals surface area contributed by atoms with E-state index in [0.717, 1.165) is 6.20 Å². The summed E-state index contributed by atoms with van der Waals surface area (Å²) in [5.41, 5.74) is -0.184. The van der Waals surface area contributed by atoms with Crippen molar-refractivity contribution < 1.29 is 13.6 Å². The molecule has 0 saturated heterocycles. The van der Waals surface area contributed by atoms with E-state index in [1.807, 2.05) is 0 Å². The van der Waals surface area contributed by atoms with E-state index in [9.17, 15) is 13.6 Å². The third-order valence-electron chi connectivity index (χ3n) is 1.67. The van der Waals surface area contributed by atoms with Crippen LogP contribution < -0.4 is 0 Å². The molecule has 0 bridgehead atoms. The topological polar surface area (TPSA) is 30.0 Å². The maximum Gasteiger partial charge on any atom is 0.271 e. The SMILES string of the molecule is Cc1c(C(F)F)ccnc1C(=O)Cl. The number of nitrogens with zero attached hydrogens (tertiary/aromatic N) is 1. The molecular formula is C8H6ClF2NO. The van der Waals surface area contributed by atoms with Crippen molar-refractivity contribution in [2.24, 2.45) is 0 Å². The van der Waals surface area contributed by atoms with Crippen molar-refractivity contribution in [2.45, 2.75) is 13.3 Å². The Hall–Kier alpha value is -1.03. The van der Waals surface area contributed by atoms with Crippen LogP contribution in [0, 0.1) is 6.92 Å². The van der Waals surface area contributed by atoms with Crippen LogP contribution in [0.3, 0.4) is 0 Å². The van der Waals surface area contributed by atoms with Crippen LogP contribution in [0.15, 0.2) is 12.3 Å². The molecule has 0 aliphatic carbocycles. The van der Waals surface area contributed by atoms with Gasteiger partial charge in [-0.25, -0.2) is 8.78 Å². The first kappa shape index (κ1) is 10.1. The highest BCUT2D eigenvalue weighted by atomic mass is 35.5. The van der Waals surface area contributed by atoms with Crippen LogP contribution in [0.5, 0.6) is 0 Å². The number of hydrogen-bond acceptors (Lipinski definition) is 2. The van der Waals surface area contributed by atoms with Gasteiger partial charge in [0.15, 0.2) is 0 Å². The Labute approximate surface area is 78.5 Å². The normalized spacial score (nSPS) is 10.5. The first-order valence-corrected chi connectivity index (χ1v) is 3.85. The molecule has 0 aromatic carbocycles. The fourth-order valence-corrected chi connectivity index (χ4v) is 1.18. The molecule has 2 nitrogen and oxygen atoms in total. The van der Waals surface area contributed by atoms with Gasteiger partial charge >= 0.3 is 0 Å². The van der Waals surface area contributed by atoms with Gasteiger partial charge in [-0.15, -0.1) is 0 Å². The molecule has 0 unspecified atom stereocenters. The second-order valence-corrected chi connectivity index (χ2v) is 2.79. The lowest BCUT2D eigenvalue weighted by Gasteiger charge is -2.05. The van der Waals surface area contributed by atoms with Crippen LogP contribution in [-0.2, 0) is 0 Å². The molecule has 5 heteroatoms. The quantitative estimate of drug-likeness (QED) is 0.695. The van der Waals surface area contributed by atoms with Gasteiger partial charge in [-0.05, 0) is 30.2 Å². The second kappa shape index (κ2) is 3.79. The summed E-state index contributed by atoms with van der Waals surface area (Å²) in [6.07, 6.45) is -1.47. The van der Waals surface area contributed by atoms with Gasteiger partial charge in [0.05, 0.1) is 0 Å². The molecule has 0 radical (unpaired) electrons. The van der Waals surface area contributed by atoms with Crippen molar-refractivity contribution in [2.75, 3.05) is 0 Å². The highest BCUT2D eigenvalue weighted by Gasteiger charge is 2.16. The van der Waals surface area contributed by atoms with Gasteiger partial charge in [-0.1, -0.05) is 0 Å². The molecule has 1 heterocycles. The minimum absolute atomic E-state index is 0.112. The van der Waals surface area contributed by atoms with Crippen molar-refractivity contribution in [1.82, 2.24) is 4.98 Å². The monoisotopic (exact) mass is 205 g/mol. The molecule has 0 aliphatic heterocycles. The summed E-state index contributed by atoms with van der Waals surface area (Å²) >= 11 is 5.14. The molecule has 1 aromatic rings. The number of alkyl halides is 2. The smallest absolute Gasteiger partial charge is 0.271 e. The minimum Gasteiger partial charge on any atom is -0.274 e. The molecule has 13 heavy (non-hydrogen) atoms. The molecule has 0 N–H and O–H groups in total. The lowest BCUT2D eigenvalue weighted by molar-refractivity contribution is 0.107.